The van der Waals surface area contributed by atoms with Crippen LogP contribution in [0.5, 0.6) is 0 Å². The van der Waals surface area contributed by atoms with E-state index >= 15 is 0 Å². The van der Waals surface area contributed by atoms with Crippen LogP contribution in [-0.4, -0.2) is 66.7 Å². The average molecular weight is 425 g/mol. The number of carbonyl (C=O) groups is 2. The lowest BCUT2D eigenvalue weighted by Crippen LogP contribution is -2.62. The van der Waals surface area contributed by atoms with E-state index in [1.165, 1.54) is 0 Å². The quantitative estimate of drug-likeness (QED) is 0.793. The molecule has 164 valence electrons. The molecule has 3 aliphatic heterocycles. The van der Waals surface area contributed by atoms with Crippen LogP contribution < -0.4 is 5.32 Å². The molecule has 4 rings (SSSR count). The van der Waals surface area contributed by atoms with Crippen molar-refractivity contribution in [3.05, 3.63) is 35.4 Å². The van der Waals surface area contributed by atoms with Gasteiger partial charge in [-0.15, -0.1) is 0 Å². The van der Waals surface area contributed by atoms with Crippen molar-refractivity contribution in [2.75, 3.05) is 32.8 Å². The fraction of sp³-hybridized carbons (Fsp3) is 0.619. The van der Waals surface area contributed by atoms with E-state index < -0.39 is 11.7 Å². The Morgan fingerprint density at radius 3 is 2.40 bits per heavy atom. The van der Waals surface area contributed by atoms with E-state index in [9.17, 15) is 22.8 Å². The first-order valence-corrected chi connectivity index (χ1v) is 10.4. The van der Waals surface area contributed by atoms with E-state index in [1.807, 2.05) is 4.90 Å². The Balaban J connectivity index is 1.26. The number of morpholine rings is 1. The van der Waals surface area contributed by atoms with Crippen LogP contribution in [0.2, 0.25) is 0 Å². The third-order valence-electron chi connectivity index (χ3n) is 6.29. The Morgan fingerprint density at radius 2 is 1.73 bits per heavy atom. The number of benzene rings is 1. The topological polar surface area (TPSA) is 61.9 Å². The van der Waals surface area contributed by atoms with Gasteiger partial charge >= 0.3 is 12.2 Å². The van der Waals surface area contributed by atoms with Crippen molar-refractivity contribution >= 4 is 11.9 Å². The van der Waals surface area contributed by atoms with E-state index in [0.717, 1.165) is 37.0 Å². The average Bonchev–Trinajstić information content (AvgIpc) is 2.73. The van der Waals surface area contributed by atoms with Gasteiger partial charge in [0.25, 0.3) is 0 Å². The maximum atomic E-state index is 12.9. The van der Waals surface area contributed by atoms with Gasteiger partial charge in [-0.25, -0.2) is 4.79 Å². The number of ether oxygens (including phenoxy) is 1. The third-order valence-corrected chi connectivity index (χ3v) is 6.29. The van der Waals surface area contributed by atoms with Gasteiger partial charge in [-0.2, -0.15) is 13.2 Å². The van der Waals surface area contributed by atoms with Crippen LogP contribution in [0.25, 0.3) is 0 Å². The number of halogens is 3. The molecule has 0 spiro atoms. The van der Waals surface area contributed by atoms with Crippen molar-refractivity contribution in [1.29, 1.82) is 0 Å². The Hall–Kier alpha value is -2.29. The smallest absolute Gasteiger partial charge is 0.366 e. The van der Waals surface area contributed by atoms with Crippen LogP contribution >= 0.6 is 0 Å². The van der Waals surface area contributed by atoms with Gasteiger partial charge in [0.1, 0.15) is 6.61 Å². The van der Waals surface area contributed by atoms with Crippen molar-refractivity contribution in [2.45, 2.75) is 44.0 Å². The number of hydrogen-bond donors (Lipinski definition) is 1. The second kappa shape index (κ2) is 8.45. The zero-order valence-electron chi connectivity index (χ0n) is 16.7. The van der Waals surface area contributed by atoms with E-state index in [-0.39, 0.29) is 30.7 Å². The number of amides is 3. The summed E-state index contributed by atoms with van der Waals surface area (Å²) in [5.74, 6) is 0.206. The molecule has 0 saturated carbocycles. The van der Waals surface area contributed by atoms with Crippen molar-refractivity contribution in [3.8, 4) is 0 Å². The summed E-state index contributed by atoms with van der Waals surface area (Å²) in [6.07, 6.45) is -1.26. The van der Waals surface area contributed by atoms with Crippen molar-refractivity contribution in [1.82, 2.24) is 15.1 Å². The second-order valence-electron chi connectivity index (χ2n) is 8.37. The number of nitrogens with zero attached hydrogens (tertiary/aromatic N) is 2. The number of likely N-dealkylation sites (tertiary alicyclic amines) is 2. The molecule has 3 fully saturated rings. The number of alkyl halides is 3. The predicted molar refractivity (Wildman–Crippen MR) is 103 cm³/mol. The molecule has 3 amide bonds. The first-order valence-electron chi connectivity index (χ1n) is 10.4. The Bertz CT molecular complexity index is 776. The number of carbonyl (C=O) groups excluding carboxylic acids is 2. The SMILES string of the molecule is O=C1COC2CCN(C(=O)N3CCC(Cc4ccc(C(F)(F)F)cc4)CC3)C[C@@H]2N1. The highest BCUT2D eigenvalue weighted by atomic mass is 19.4. The molecule has 1 aromatic carbocycles. The van der Waals surface area contributed by atoms with Gasteiger partial charge < -0.3 is 19.9 Å². The molecule has 0 bridgehead atoms. The molecule has 1 N–H and O–H groups in total. The Morgan fingerprint density at radius 1 is 1.07 bits per heavy atom. The Kier molecular flexibility index (Phi) is 5.90. The van der Waals surface area contributed by atoms with Gasteiger partial charge in [-0.1, -0.05) is 12.1 Å². The zero-order valence-corrected chi connectivity index (χ0v) is 16.7. The normalized spacial score (nSPS) is 25.6. The molecule has 1 unspecified atom stereocenters. The lowest BCUT2D eigenvalue weighted by molar-refractivity contribution is -0.140. The van der Waals surface area contributed by atoms with Crippen molar-refractivity contribution in [2.24, 2.45) is 5.92 Å². The van der Waals surface area contributed by atoms with Gasteiger partial charge in [0.15, 0.2) is 0 Å². The predicted octanol–water partition coefficient (Wildman–Crippen LogP) is 2.67. The van der Waals surface area contributed by atoms with Crippen LogP contribution in [0.1, 0.15) is 30.4 Å². The largest absolute Gasteiger partial charge is 0.416 e. The first kappa shape index (κ1) is 21.0. The van der Waals surface area contributed by atoms with Crippen LogP contribution in [0.4, 0.5) is 18.0 Å². The molecule has 2 atom stereocenters. The first-order chi connectivity index (χ1) is 14.3. The van der Waals surface area contributed by atoms with Gasteiger partial charge in [-0.3, -0.25) is 4.79 Å². The monoisotopic (exact) mass is 425 g/mol. The maximum Gasteiger partial charge on any atom is 0.416 e. The van der Waals surface area contributed by atoms with Gasteiger partial charge in [-0.05, 0) is 49.3 Å². The van der Waals surface area contributed by atoms with Crippen molar-refractivity contribution in [3.63, 3.8) is 0 Å². The summed E-state index contributed by atoms with van der Waals surface area (Å²) in [4.78, 5) is 28.1. The van der Waals surface area contributed by atoms with Crippen LogP contribution in [-0.2, 0) is 22.1 Å². The summed E-state index contributed by atoms with van der Waals surface area (Å²) in [7, 11) is 0. The van der Waals surface area contributed by atoms with Crippen molar-refractivity contribution < 1.29 is 27.5 Å². The van der Waals surface area contributed by atoms with Gasteiger partial charge in [0, 0.05) is 26.2 Å². The number of piperidine rings is 2. The zero-order chi connectivity index (χ0) is 21.3. The highest BCUT2D eigenvalue weighted by Gasteiger charge is 2.38. The summed E-state index contributed by atoms with van der Waals surface area (Å²) in [6, 6.07) is 5.19. The summed E-state index contributed by atoms with van der Waals surface area (Å²) in [5.41, 5.74) is 0.262. The lowest BCUT2D eigenvalue weighted by Gasteiger charge is -2.43. The summed E-state index contributed by atoms with van der Waals surface area (Å²) < 4.78 is 43.6. The highest BCUT2D eigenvalue weighted by molar-refractivity contribution is 5.79. The number of urea groups is 1. The van der Waals surface area contributed by atoms with E-state index in [1.54, 1.807) is 17.0 Å². The maximum absolute atomic E-state index is 12.9. The standard InChI is InChI=1S/C21H26F3N3O3/c22-21(23,24)16-3-1-14(2-4-16)11-15-5-8-26(9-6-15)20(29)27-10-7-18-17(12-27)25-19(28)13-30-18/h1-4,15,17-18H,5-13H2,(H,25,28)/t17-,18?/m0/s1. The summed E-state index contributed by atoms with van der Waals surface area (Å²) in [6.45, 7) is 2.43. The number of nitrogens with one attached hydrogen (secondary N) is 1. The minimum Gasteiger partial charge on any atom is -0.366 e. The highest BCUT2D eigenvalue weighted by Crippen LogP contribution is 2.30. The molecular weight excluding hydrogens is 399 g/mol. The van der Waals surface area contributed by atoms with E-state index in [0.29, 0.717) is 38.5 Å². The van der Waals surface area contributed by atoms with E-state index in [2.05, 4.69) is 5.32 Å². The van der Waals surface area contributed by atoms with Crippen LogP contribution in [0, 0.1) is 5.92 Å². The molecule has 0 aliphatic carbocycles. The third kappa shape index (κ3) is 4.71. The van der Waals surface area contributed by atoms with Crippen LogP contribution in [0.3, 0.4) is 0 Å². The van der Waals surface area contributed by atoms with E-state index in [4.69, 9.17) is 4.74 Å². The number of fused-ring (bicyclic) bond motifs is 1. The molecule has 3 saturated heterocycles. The Labute approximate surface area is 173 Å². The van der Waals surface area contributed by atoms with Gasteiger partial charge in [0.05, 0.1) is 17.7 Å². The van der Waals surface area contributed by atoms with Gasteiger partial charge in [0.2, 0.25) is 5.91 Å². The summed E-state index contributed by atoms with van der Waals surface area (Å²) >= 11 is 0. The van der Waals surface area contributed by atoms with Crippen LogP contribution in [0.15, 0.2) is 24.3 Å². The molecule has 3 heterocycles. The molecule has 9 heteroatoms. The molecular formula is C21H26F3N3O3. The molecule has 3 aliphatic rings. The summed E-state index contributed by atoms with van der Waals surface area (Å²) in [5, 5.41) is 2.91. The number of rotatable bonds is 2. The molecule has 0 radical (unpaired) electrons. The minimum atomic E-state index is -4.31. The molecule has 30 heavy (non-hydrogen) atoms. The second-order valence-corrected chi connectivity index (χ2v) is 8.37. The molecule has 0 aromatic heterocycles. The lowest BCUT2D eigenvalue weighted by atomic mass is 9.90. The fourth-order valence-corrected chi connectivity index (χ4v) is 4.57. The molecule has 1 aromatic rings. The minimum absolute atomic E-state index is 0.0127. The fourth-order valence-electron chi connectivity index (χ4n) is 4.57. The molecule has 6 nitrogen and oxygen atoms in total. The number of hydrogen-bond acceptors (Lipinski definition) is 3.